The number of hydrogen-bond donors (Lipinski definition) is 1. The van der Waals surface area contributed by atoms with Gasteiger partial charge in [0.25, 0.3) is 0 Å². The van der Waals surface area contributed by atoms with Gasteiger partial charge in [-0.1, -0.05) is 6.92 Å². The van der Waals surface area contributed by atoms with Crippen LogP contribution in [0.5, 0.6) is 0 Å². The normalized spacial score (nSPS) is 16.5. The summed E-state index contributed by atoms with van der Waals surface area (Å²) in [4.78, 5) is 0. The van der Waals surface area contributed by atoms with E-state index in [4.69, 9.17) is 5.73 Å². The van der Waals surface area contributed by atoms with E-state index in [0.717, 1.165) is 0 Å². The van der Waals surface area contributed by atoms with E-state index in [1.807, 2.05) is 6.92 Å². The number of sulfone groups is 1. The Morgan fingerprint density at radius 3 is 2.36 bits per heavy atom. The first kappa shape index (κ1) is 14.1. The van der Waals surface area contributed by atoms with Gasteiger partial charge in [-0.25, -0.2) is 8.42 Å². The Kier molecular flexibility index (Phi) is 6.55. The molecule has 0 spiro atoms. The zero-order valence-corrected chi connectivity index (χ0v) is 10.4. The third-order valence-electron chi connectivity index (χ3n) is 1.89. The molecule has 0 heterocycles. The molecular weight excluding hydrogens is 222 g/mol. The zero-order chi connectivity index (χ0) is 11.2. The lowest BCUT2D eigenvalue weighted by atomic mass is 10.5. The predicted octanol–water partition coefficient (Wildman–Crippen LogP) is -0.0929. The van der Waals surface area contributed by atoms with Crippen LogP contribution in [0.1, 0.15) is 20.3 Å². The second kappa shape index (κ2) is 6.53. The van der Waals surface area contributed by atoms with Crippen LogP contribution in [-0.2, 0) is 20.6 Å². The number of rotatable bonds is 7. The Morgan fingerprint density at radius 1 is 1.36 bits per heavy atom. The van der Waals surface area contributed by atoms with Crippen LogP contribution in [0.3, 0.4) is 0 Å². The minimum Gasteiger partial charge on any atom is -0.329 e. The first-order chi connectivity index (χ1) is 6.43. The minimum atomic E-state index is -3.00. The monoisotopic (exact) mass is 241 g/mol. The summed E-state index contributed by atoms with van der Waals surface area (Å²) < 4.78 is 34.0. The van der Waals surface area contributed by atoms with E-state index in [1.165, 1.54) is 0 Å². The standard InChI is InChI=1S/C8H19NO3S2/c1-3-5-14(11,12)6-4-13(10)8(2)7-9/h8H,3-7,9H2,1-2H3. The highest BCUT2D eigenvalue weighted by Crippen LogP contribution is 1.99. The lowest BCUT2D eigenvalue weighted by Gasteiger charge is -2.08. The van der Waals surface area contributed by atoms with Gasteiger partial charge in [-0.15, -0.1) is 0 Å². The summed E-state index contributed by atoms with van der Waals surface area (Å²) >= 11 is 0. The largest absolute Gasteiger partial charge is 0.329 e. The SMILES string of the molecule is CCCS(=O)(=O)CCS(=O)C(C)CN. The van der Waals surface area contributed by atoms with Crippen molar-refractivity contribution in [3.63, 3.8) is 0 Å². The second-order valence-corrected chi connectivity index (χ2v) is 7.56. The van der Waals surface area contributed by atoms with Crippen LogP contribution in [0, 0.1) is 0 Å². The molecule has 2 N–H and O–H groups in total. The lowest BCUT2D eigenvalue weighted by Crippen LogP contribution is -2.27. The van der Waals surface area contributed by atoms with Gasteiger partial charge in [0, 0.05) is 34.1 Å². The fourth-order valence-electron chi connectivity index (χ4n) is 0.931. The Bertz CT molecular complexity index is 274. The topological polar surface area (TPSA) is 77.2 Å². The fourth-order valence-corrected chi connectivity index (χ4v) is 4.05. The molecule has 0 saturated heterocycles. The van der Waals surface area contributed by atoms with Gasteiger partial charge >= 0.3 is 0 Å². The molecule has 0 radical (unpaired) electrons. The quantitative estimate of drug-likeness (QED) is 0.675. The Labute approximate surface area is 88.6 Å². The van der Waals surface area contributed by atoms with E-state index < -0.39 is 20.6 Å². The predicted molar refractivity (Wildman–Crippen MR) is 60.5 cm³/mol. The Morgan fingerprint density at radius 2 is 1.93 bits per heavy atom. The van der Waals surface area contributed by atoms with Crippen molar-refractivity contribution in [3.05, 3.63) is 0 Å². The molecule has 0 aromatic rings. The van der Waals surface area contributed by atoms with E-state index in [9.17, 15) is 12.6 Å². The molecule has 0 fully saturated rings. The molecule has 0 rings (SSSR count). The van der Waals surface area contributed by atoms with Crippen molar-refractivity contribution >= 4 is 20.6 Å². The molecule has 4 nitrogen and oxygen atoms in total. The van der Waals surface area contributed by atoms with Gasteiger partial charge in [-0.3, -0.25) is 4.21 Å². The van der Waals surface area contributed by atoms with Crippen LogP contribution < -0.4 is 5.73 Å². The molecule has 6 heteroatoms. The molecule has 0 aliphatic carbocycles. The molecule has 0 aromatic heterocycles. The van der Waals surface area contributed by atoms with Crippen molar-refractivity contribution in [3.8, 4) is 0 Å². The van der Waals surface area contributed by atoms with Crippen LogP contribution in [0.4, 0.5) is 0 Å². The smallest absolute Gasteiger partial charge is 0.151 e. The van der Waals surface area contributed by atoms with Crippen molar-refractivity contribution in [1.82, 2.24) is 0 Å². The average Bonchev–Trinajstić information content (AvgIpc) is 2.13. The zero-order valence-electron chi connectivity index (χ0n) is 8.73. The summed E-state index contributed by atoms with van der Waals surface area (Å²) in [5.41, 5.74) is 5.33. The van der Waals surface area contributed by atoms with Gasteiger partial charge in [0.2, 0.25) is 0 Å². The molecular formula is C8H19NO3S2. The van der Waals surface area contributed by atoms with Gasteiger partial charge in [-0.2, -0.15) is 0 Å². The van der Waals surface area contributed by atoms with Gasteiger partial charge in [-0.05, 0) is 13.3 Å². The van der Waals surface area contributed by atoms with E-state index in [1.54, 1.807) is 6.92 Å². The maximum atomic E-state index is 11.4. The van der Waals surface area contributed by atoms with Gasteiger partial charge < -0.3 is 5.73 Å². The van der Waals surface area contributed by atoms with Gasteiger partial charge in [0.1, 0.15) is 0 Å². The van der Waals surface area contributed by atoms with Crippen molar-refractivity contribution in [2.24, 2.45) is 5.73 Å². The maximum absolute atomic E-state index is 11.4. The maximum Gasteiger partial charge on any atom is 0.151 e. The summed E-state index contributed by atoms with van der Waals surface area (Å²) in [6, 6.07) is 0. The molecule has 0 saturated carbocycles. The molecule has 0 aliphatic heterocycles. The van der Waals surface area contributed by atoms with Gasteiger partial charge in [0.05, 0.1) is 5.75 Å². The minimum absolute atomic E-state index is 0.0117. The molecule has 0 aliphatic rings. The summed E-state index contributed by atoms with van der Waals surface area (Å²) in [7, 11) is -4.12. The lowest BCUT2D eigenvalue weighted by molar-refractivity contribution is 0.595. The van der Waals surface area contributed by atoms with Crippen molar-refractivity contribution < 1.29 is 12.6 Å². The van der Waals surface area contributed by atoms with Crippen LogP contribution in [0.25, 0.3) is 0 Å². The highest BCUT2D eigenvalue weighted by molar-refractivity contribution is 7.93. The molecule has 0 bridgehead atoms. The number of hydrogen-bond acceptors (Lipinski definition) is 4. The summed E-state index contributed by atoms with van der Waals surface area (Å²) in [6.07, 6.45) is 0.613. The molecule has 0 aromatic carbocycles. The number of nitrogens with two attached hydrogens (primary N) is 1. The molecule has 0 amide bonds. The summed E-state index contributed by atoms with van der Waals surface area (Å²) in [5.74, 6) is 0.402. The van der Waals surface area contributed by atoms with Crippen molar-refractivity contribution in [2.45, 2.75) is 25.5 Å². The van der Waals surface area contributed by atoms with E-state index in [-0.39, 0.29) is 22.5 Å². The van der Waals surface area contributed by atoms with E-state index >= 15 is 0 Å². The third-order valence-corrected chi connectivity index (χ3v) is 5.70. The second-order valence-electron chi connectivity index (χ2n) is 3.28. The van der Waals surface area contributed by atoms with Crippen molar-refractivity contribution in [1.29, 1.82) is 0 Å². The molecule has 86 valence electrons. The fraction of sp³-hybridized carbons (Fsp3) is 1.00. The van der Waals surface area contributed by atoms with E-state index in [0.29, 0.717) is 13.0 Å². The van der Waals surface area contributed by atoms with Crippen LogP contribution in [-0.4, -0.2) is 41.7 Å². The molecule has 2 atom stereocenters. The Balaban J connectivity index is 4.00. The highest BCUT2D eigenvalue weighted by Gasteiger charge is 2.14. The third kappa shape index (κ3) is 5.72. The van der Waals surface area contributed by atoms with Crippen molar-refractivity contribution in [2.75, 3.05) is 23.8 Å². The summed E-state index contributed by atoms with van der Waals surface area (Å²) in [6.45, 7) is 3.92. The van der Waals surface area contributed by atoms with Crippen LogP contribution >= 0.6 is 0 Å². The molecule has 14 heavy (non-hydrogen) atoms. The first-order valence-corrected chi connectivity index (χ1v) is 7.91. The van der Waals surface area contributed by atoms with E-state index in [2.05, 4.69) is 0 Å². The van der Waals surface area contributed by atoms with Gasteiger partial charge in [0.15, 0.2) is 9.84 Å². The average molecular weight is 241 g/mol. The van der Waals surface area contributed by atoms with Crippen LogP contribution in [0.2, 0.25) is 0 Å². The van der Waals surface area contributed by atoms with Crippen LogP contribution in [0.15, 0.2) is 0 Å². The Hall–Kier alpha value is 0.0600. The molecule has 2 unspecified atom stereocenters. The highest BCUT2D eigenvalue weighted by atomic mass is 32.2. The summed E-state index contributed by atoms with van der Waals surface area (Å²) in [5, 5.41) is -0.119. The first-order valence-electron chi connectivity index (χ1n) is 4.70.